The van der Waals surface area contributed by atoms with Crippen molar-refractivity contribution in [3.63, 3.8) is 0 Å². The van der Waals surface area contributed by atoms with Crippen LogP contribution in [-0.4, -0.2) is 38.0 Å². The zero-order valence-electron chi connectivity index (χ0n) is 9.88. The largest absolute Gasteiger partial charge is 0.481 e. The van der Waals surface area contributed by atoms with Gasteiger partial charge in [0.1, 0.15) is 6.54 Å². The van der Waals surface area contributed by atoms with Crippen LogP contribution in [0.15, 0.2) is 6.20 Å². The maximum Gasteiger partial charge on any atom is 0.309 e. The van der Waals surface area contributed by atoms with Crippen molar-refractivity contribution in [2.75, 3.05) is 0 Å². The topological polar surface area (TPSA) is 97.1 Å². The summed E-state index contributed by atoms with van der Waals surface area (Å²) in [4.78, 5) is 21.9. The van der Waals surface area contributed by atoms with Crippen LogP contribution < -0.4 is 5.32 Å². The Morgan fingerprint density at radius 1 is 1.59 bits per heavy atom. The molecule has 0 aliphatic rings. The Kier molecular flexibility index (Phi) is 4.62. The van der Waals surface area contributed by atoms with Gasteiger partial charge in [-0.05, 0) is 13.3 Å². The van der Waals surface area contributed by atoms with Crippen LogP contribution in [0.3, 0.4) is 0 Å². The van der Waals surface area contributed by atoms with Gasteiger partial charge in [0.05, 0.1) is 12.1 Å². The molecule has 0 aromatic carbocycles. The second-order valence-electron chi connectivity index (χ2n) is 3.85. The molecule has 0 radical (unpaired) electrons. The Labute approximate surface area is 98.8 Å². The maximum atomic E-state index is 11.5. The Balaban J connectivity index is 2.48. The number of hydrogen-bond donors (Lipinski definition) is 2. The highest BCUT2D eigenvalue weighted by atomic mass is 16.4. The van der Waals surface area contributed by atoms with E-state index >= 15 is 0 Å². The molecule has 0 fully saturated rings. The summed E-state index contributed by atoms with van der Waals surface area (Å²) in [6.45, 7) is 3.94. The average molecular weight is 240 g/mol. The molecule has 0 bridgehead atoms. The first kappa shape index (κ1) is 13.1. The van der Waals surface area contributed by atoms with Crippen LogP contribution in [0.2, 0.25) is 0 Å². The summed E-state index contributed by atoms with van der Waals surface area (Å²) < 4.78 is 1.33. The number of amides is 1. The van der Waals surface area contributed by atoms with Gasteiger partial charge in [-0.25, -0.2) is 4.68 Å². The molecule has 1 aromatic heterocycles. The Morgan fingerprint density at radius 2 is 2.29 bits per heavy atom. The predicted molar refractivity (Wildman–Crippen MR) is 59.3 cm³/mol. The second-order valence-corrected chi connectivity index (χ2v) is 3.85. The molecule has 1 aromatic rings. The second kappa shape index (κ2) is 5.97. The number of hydrogen-bond acceptors (Lipinski definition) is 4. The molecule has 0 spiro atoms. The molecule has 0 saturated heterocycles. The first-order valence-corrected chi connectivity index (χ1v) is 5.41. The lowest BCUT2D eigenvalue weighted by molar-refractivity contribution is -0.136. The van der Waals surface area contributed by atoms with Crippen molar-refractivity contribution < 1.29 is 14.7 Å². The van der Waals surface area contributed by atoms with E-state index in [1.807, 2.05) is 13.8 Å². The Hall–Kier alpha value is -1.92. The van der Waals surface area contributed by atoms with Gasteiger partial charge in [-0.15, -0.1) is 5.10 Å². The van der Waals surface area contributed by atoms with Gasteiger partial charge in [-0.1, -0.05) is 12.1 Å². The van der Waals surface area contributed by atoms with E-state index in [0.717, 1.165) is 6.42 Å². The molecule has 17 heavy (non-hydrogen) atoms. The molecule has 7 heteroatoms. The fourth-order valence-electron chi connectivity index (χ4n) is 1.22. The van der Waals surface area contributed by atoms with Crippen molar-refractivity contribution in [1.29, 1.82) is 0 Å². The number of aliphatic carboxylic acids is 1. The smallest absolute Gasteiger partial charge is 0.309 e. The third kappa shape index (κ3) is 4.62. The number of carbonyl (C=O) groups excluding carboxylic acids is 1. The Morgan fingerprint density at radius 3 is 2.88 bits per heavy atom. The molecule has 2 N–H and O–H groups in total. The lowest BCUT2D eigenvalue weighted by atomic mass is 10.2. The summed E-state index contributed by atoms with van der Waals surface area (Å²) in [7, 11) is 0. The van der Waals surface area contributed by atoms with Crippen molar-refractivity contribution in [1.82, 2.24) is 20.3 Å². The number of carboxylic acid groups (broad SMARTS) is 1. The van der Waals surface area contributed by atoms with Crippen LogP contribution in [-0.2, 0) is 22.6 Å². The molecule has 0 saturated carbocycles. The van der Waals surface area contributed by atoms with E-state index in [-0.39, 0.29) is 24.9 Å². The number of aromatic nitrogens is 3. The monoisotopic (exact) mass is 240 g/mol. The highest BCUT2D eigenvalue weighted by Crippen LogP contribution is 1.95. The predicted octanol–water partition coefficient (Wildman–Crippen LogP) is -0.180. The van der Waals surface area contributed by atoms with Crippen molar-refractivity contribution in [3.8, 4) is 0 Å². The Bertz CT molecular complexity index is 402. The van der Waals surface area contributed by atoms with Crippen molar-refractivity contribution in [2.24, 2.45) is 0 Å². The first-order valence-electron chi connectivity index (χ1n) is 5.41. The van der Waals surface area contributed by atoms with Crippen LogP contribution in [0, 0.1) is 0 Å². The summed E-state index contributed by atoms with van der Waals surface area (Å²) in [5.74, 6) is -1.13. The van der Waals surface area contributed by atoms with Crippen molar-refractivity contribution in [2.45, 2.75) is 39.3 Å². The van der Waals surface area contributed by atoms with Gasteiger partial charge in [0.25, 0.3) is 0 Å². The van der Waals surface area contributed by atoms with E-state index in [1.54, 1.807) is 0 Å². The van der Waals surface area contributed by atoms with Crippen molar-refractivity contribution >= 4 is 11.9 Å². The fraction of sp³-hybridized carbons (Fsp3) is 0.600. The van der Waals surface area contributed by atoms with Crippen molar-refractivity contribution in [3.05, 3.63) is 11.9 Å². The molecular formula is C10H16N4O3. The van der Waals surface area contributed by atoms with Gasteiger partial charge in [0.2, 0.25) is 5.91 Å². The zero-order chi connectivity index (χ0) is 12.8. The maximum absolute atomic E-state index is 11.5. The zero-order valence-corrected chi connectivity index (χ0v) is 9.88. The molecule has 0 aliphatic heterocycles. The summed E-state index contributed by atoms with van der Waals surface area (Å²) >= 11 is 0. The summed E-state index contributed by atoms with van der Waals surface area (Å²) in [6.07, 6.45) is 2.13. The van der Waals surface area contributed by atoms with Crippen LogP contribution in [0.25, 0.3) is 0 Å². The van der Waals surface area contributed by atoms with Crippen LogP contribution >= 0.6 is 0 Å². The number of carboxylic acids is 1. The third-order valence-electron chi connectivity index (χ3n) is 2.24. The van der Waals surface area contributed by atoms with Gasteiger partial charge in [-0.3, -0.25) is 9.59 Å². The molecule has 1 heterocycles. The molecule has 94 valence electrons. The molecular weight excluding hydrogens is 224 g/mol. The molecule has 1 atom stereocenters. The van der Waals surface area contributed by atoms with Crippen LogP contribution in [0.1, 0.15) is 26.0 Å². The van der Waals surface area contributed by atoms with Crippen LogP contribution in [0.5, 0.6) is 0 Å². The number of nitrogens with zero attached hydrogens (tertiary/aromatic N) is 3. The van der Waals surface area contributed by atoms with E-state index in [9.17, 15) is 9.59 Å². The molecule has 1 rings (SSSR count). The minimum Gasteiger partial charge on any atom is -0.481 e. The van der Waals surface area contributed by atoms with Gasteiger partial charge >= 0.3 is 5.97 Å². The minimum atomic E-state index is -0.971. The molecule has 1 amide bonds. The van der Waals surface area contributed by atoms with E-state index < -0.39 is 5.97 Å². The number of nitrogens with one attached hydrogen (secondary N) is 1. The van der Waals surface area contributed by atoms with E-state index in [4.69, 9.17) is 5.11 Å². The lowest BCUT2D eigenvalue weighted by Gasteiger charge is -2.10. The van der Waals surface area contributed by atoms with E-state index in [2.05, 4.69) is 15.6 Å². The minimum absolute atomic E-state index is 0.0525. The highest BCUT2D eigenvalue weighted by molar-refractivity contribution is 5.75. The summed E-state index contributed by atoms with van der Waals surface area (Å²) in [6, 6.07) is 0.115. The lowest BCUT2D eigenvalue weighted by Crippen LogP contribution is -2.34. The number of rotatable bonds is 6. The van der Waals surface area contributed by atoms with E-state index in [1.165, 1.54) is 10.9 Å². The normalized spacial score (nSPS) is 12.1. The molecule has 1 unspecified atom stereocenters. The quantitative estimate of drug-likeness (QED) is 0.719. The summed E-state index contributed by atoms with van der Waals surface area (Å²) in [5.41, 5.74) is 0.342. The van der Waals surface area contributed by atoms with E-state index in [0.29, 0.717) is 5.69 Å². The third-order valence-corrected chi connectivity index (χ3v) is 2.24. The van der Waals surface area contributed by atoms with Gasteiger partial charge in [0, 0.05) is 12.2 Å². The molecule has 0 aliphatic carbocycles. The SMILES string of the molecule is CCC(C)NC(=O)Cn1cc(CC(=O)O)nn1. The first-order chi connectivity index (χ1) is 8.01. The fourth-order valence-corrected chi connectivity index (χ4v) is 1.22. The van der Waals surface area contributed by atoms with Gasteiger partial charge in [-0.2, -0.15) is 0 Å². The van der Waals surface area contributed by atoms with Crippen LogP contribution in [0.4, 0.5) is 0 Å². The number of carbonyl (C=O) groups is 2. The average Bonchev–Trinajstić information content (AvgIpc) is 2.63. The highest BCUT2D eigenvalue weighted by Gasteiger charge is 2.09. The van der Waals surface area contributed by atoms with Gasteiger partial charge < -0.3 is 10.4 Å². The molecule has 7 nitrogen and oxygen atoms in total. The summed E-state index contributed by atoms with van der Waals surface area (Å²) in [5, 5.41) is 18.7. The standard InChI is InChI=1S/C10H16N4O3/c1-3-7(2)11-9(15)6-14-5-8(12-13-14)4-10(16)17/h5,7H,3-4,6H2,1-2H3,(H,11,15)(H,16,17). The van der Waals surface area contributed by atoms with Gasteiger partial charge in [0.15, 0.2) is 0 Å².